The number of hydrogen-bond acceptors (Lipinski definition) is 3. The maximum atomic E-state index is 12.0. The van der Waals surface area contributed by atoms with E-state index in [2.05, 4.69) is 19.1 Å². The molecule has 0 bridgehead atoms. The highest BCUT2D eigenvalue weighted by atomic mass is 16.5. The Hall–Kier alpha value is -1.32. The fraction of sp³-hybridized carbons (Fsp3) is 0.922. The lowest BCUT2D eigenvalue weighted by atomic mass is 10.0. The van der Waals surface area contributed by atoms with Crippen molar-refractivity contribution in [3.8, 4) is 0 Å². The summed E-state index contributed by atoms with van der Waals surface area (Å²) in [6.45, 7) is 2.90. The highest BCUT2D eigenvalue weighted by Gasteiger charge is 2.03. The van der Waals surface area contributed by atoms with Crippen molar-refractivity contribution in [2.45, 2.75) is 296 Å². The molecule has 0 aromatic heterocycles. The Morgan fingerprint density at radius 3 is 0.909 bits per heavy atom. The fourth-order valence-corrected chi connectivity index (χ4v) is 7.93. The molecule has 0 saturated heterocycles. The van der Waals surface area contributed by atoms with E-state index in [0.29, 0.717) is 19.4 Å². The maximum Gasteiger partial charge on any atom is 0.305 e. The molecule has 0 saturated carbocycles. The van der Waals surface area contributed by atoms with Gasteiger partial charge < -0.3 is 9.84 Å². The number of carbonyl (C=O) groups is 2. The summed E-state index contributed by atoms with van der Waals surface area (Å²) in [6.07, 6.45) is 62.9. The van der Waals surface area contributed by atoms with Crippen molar-refractivity contribution < 1.29 is 19.4 Å². The summed E-state index contributed by atoms with van der Waals surface area (Å²) in [5.41, 5.74) is 0. The number of hydrogen-bond donors (Lipinski definition) is 1. The summed E-state index contributed by atoms with van der Waals surface area (Å²) >= 11 is 0. The number of carbonyl (C=O) groups excluding carboxylic acids is 1. The molecule has 0 amide bonds. The zero-order valence-electron chi connectivity index (χ0n) is 37.4. The lowest BCUT2D eigenvalue weighted by molar-refractivity contribution is -0.144. The lowest BCUT2D eigenvalue weighted by Crippen LogP contribution is -2.05. The molecule has 326 valence electrons. The first kappa shape index (κ1) is 53.7. The summed E-state index contributed by atoms with van der Waals surface area (Å²) in [7, 11) is 0. The standard InChI is InChI=1S/C51H98O4/c1-2-3-4-5-6-7-8-9-10-23-27-30-33-36-39-42-45-48-51(54)55-49-46-43-40-37-34-31-28-25-22-20-18-16-14-12-11-13-15-17-19-21-24-26-29-32-35-38-41-44-47-50(52)53/h7-8H,2-6,9-49H2,1H3,(H,52,53). The molecular weight excluding hydrogens is 677 g/mol. The third-order valence-electron chi connectivity index (χ3n) is 11.7. The first-order valence-corrected chi connectivity index (χ1v) is 25.2. The zero-order valence-corrected chi connectivity index (χ0v) is 37.4. The molecule has 0 unspecified atom stereocenters. The van der Waals surface area contributed by atoms with E-state index in [9.17, 15) is 9.59 Å². The average molecular weight is 775 g/mol. The Bertz CT molecular complexity index is 777. The van der Waals surface area contributed by atoms with Gasteiger partial charge in [0.2, 0.25) is 0 Å². The Labute approximate surface area is 345 Å². The molecule has 0 spiro atoms. The van der Waals surface area contributed by atoms with Crippen LogP contribution in [0.25, 0.3) is 0 Å². The molecule has 0 aliphatic rings. The molecule has 4 heteroatoms. The van der Waals surface area contributed by atoms with Crippen molar-refractivity contribution in [3.05, 3.63) is 12.2 Å². The number of unbranched alkanes of at least 4 members (excludes halogenated alkanes) is 40. The molecule has 0 atom stereocenters. The van der Waals surface area contributed by atoms with E-state index in [1.807, 2.05) is 0 Å². The van der Waals surface area contributed by atoms with Crippen LogP contribution in [0.3, 0.4) is 0 Å². The molecule has 0 rings (SSSR count). The Morgan fingerprint density at radius 1 is 0.345 bits per heavy atom. The van der Waals surface area contributed by atoms with Crippen LogP contribution in [0.2, 0.25) is 0 Å². The van der Waals surface area contributed by atoms with E-state index in [4.69, 9.17) is 9.84 Å². The Kier molecular flexibility index (Phi) is 47.7. The van der Waals surface area contributed by atoms with Gasteiger partial charge in [-0.05, 0) is 44.9 Å². The monoisotopic (exact) mass is 775 g/mol. The minimum absolute atomic E-state index is 0.0199. The average Bonchev–Trinajstić information content (AvgIpc) is 3.18. The predicted octanol–water partition coefficient (Wildman–Crippen LogP) is 17.7. The van der Waals surface area contributed by atoms with Gasteiger partial charge >= 0.3 is 11.9 Å². The number of rotatable bonds is 48. The summed E-state index contributed by atoms with van der Waals surface area (Å²) in [5, 5.41) is 8.66. The Morgan fingerprint density at radius 2 is 0.600 bits per heavy atom. The van der Waals surface area contributed by atoms with E-state index in [-0.39, 0.29) is 5.97 Å². The molecule has 1 N–H and O–H groups in total. The van der Waals surface area contributed by atoms with Crippen molar-refractivity contribution in [1.29, 1.82) is 0 Å². The van der Waals surface area contributed by atoms with E-state index in [1.54, 1.807) is 0 Å². The van der Waals surface area contributed by atoms with Gasteiger partial charge in [0.05, 0.1) is 6.61 Å². The van der Waals surface area contributed by atoms with Crippen LogP contribution in [-0.4, -0.2) is 23.7 Å². The van der Waals surface area contributed by atoms with Gasteiger partial charge in [-0.2, -0.15) is 0 Å². The van der Waals surface area contributed by atoms with Crippen molar-refractivity contribution in [1.82, 2.24) is 0 Å². The summed E-state index contributed by atoms with van der Waals surface area (Å²) in [4.78, 5) is 22.5. The van der Waals surface area contributed by atoms with Gasteiger partial charge in [-0.25, -0.2) is 0 Å². The third-order valence-corrected chi connectivity index (χ3v) is 11.7. The van der Waals surface area contributed by atoms with Gasteiger partial charge in [-0.15, -0.1) is 0 Å². The van der Waals surface area contributed by atoms with Crippen molar-refractivity contribution in [2.75, 3.05) is 6.61 Å². The Balaban J connectivity index is 3.15. The SMILES string of the molecule is CCCCCCC=CCCCCCCCCCCCC(=O)OCCCCCCCCCCCCCCCCCCCCCCCCCCCCCCC(=O)O. The molecule has 4 nitrogen and oxygen atoms in total. The second-order valence-corrected chi connectivity index (χ2v) is 17.3. The van der Waals surface area contributed by atoms with Crippen LogP contribution in [0, 0.1) is 0 Å². The van der Waals surface area contributed by atoms with Gasteiger partial charge in [0.15, 0.2) is 0 Å². The number of esters is 1. The summed E-state index contributed by atoms with van der Waals surface area (Å²) in [6, 6.07) is 0. The number of allylic oxidation sites excluding steroid dienone is 2. The van der Waals surface area contributed by atoms with Crippen LogP contribution in [-0.2, 0) is 14.3 Å². The molecule has 0 aromatic carbocycles. The summed E-state index contributed by atoms with van der Waals surface area (Å²) in [5.74, 6) is -0.633. The van der Waals surface area contributed by atoms with Crippen LogP contribution in [0.4, 0.5) is 0 Å². The molecule has 0 aromatic rings. The molecule has 0 aliphatic carbocycles. The third kappa shape index (κ3) is 50.7. The number of aliphatic carboxylic acids is 1. The van der Waals surface area contributed by atoms with Crippen LogP contribution in [0.15, 0.2) is 12.2 Å². The van der Waals surface area contributed by atoms with E-state index in [0.717, 1.165) is 25.7 Å². The molecule has 55 heavy (non-hydrogen) atoms. The van der Waals surface area contributed by atoms with Crippen LogP contribution in [0.1, 0.15) is 296 Å². The highest BCUT2D eigenvalue weighted by Crippen LogP contribution is 2.17. The number of carboxylic acid groups (broad SMARTS) is 1. The van der Waals surface area contributed by atoms with Gasteiger partial charge in [0.1, 0.15) is 0 Å². The molecule has 0 aliphatic heterocycles. The summed E-state index contributed by atoms with van der Waals surface area (Å²) < 4.78 is 5.48. The van der Waals surface area contributed by atoms with Crippen LogP contribution < -0.4 is 0 Å². The second kappa shape index (κ2) is 48.8. The predicted molar refractivity (Wildman–Crippen MR) is 241 cm³/mol. The quantitative estimate of drug-likeness (QED) is 0.0380. The van der Waals surface area contributed by atoms with Crippen molar-refractivity contribution >= 4 is 11.9 Å². The minimum atomic E-state index is -0.653. The van der Waals surface area contributed by atoms with Gasteiger partial charge in [0, 0.05) is 12.8 Å². The molecule has 0 radical (unpaired) electrons. The first-order chi connectivity index (χ1) is 27.2. The molecular formula is C51H98O4. The van der Waals surface area contributed by atoms with E-state index in [1.165, 1.54) is 250 Å². The maximum absolute atomic E-state index is 12.0. The van der Waals surface area contributed by atoms with Gasteiger partial charge in [0.25, 0.3) is 0 Å². The second-order valence-electron chi connectivity index (χ2n) is 17.3. The van der Waals surface area contributed by atoms with Crippen molar-refractivity contribution in [3.63, 3.8) is 0 Å². The number of carboxylic acids is 1. The normalized spacial score (nSPS) is 11.6. The van der Waals surface area contributed by atoms with E-state index < -0.39 is 5.97 Å². The van der Waals surface area contributed by atoms with Crippen LogP contribution in [0.5, 0.6) is 0 Å². The fourth-order valence-electron chi connectivity index (χ4n) is 7.93. The smallest absolute Gasteiger partial charge is 0.305 e. The molecule has 0 heterocycles. The largest absolute Gasteiger partial charge is 0.481 e. The van der Waals surface area contributed by atoms with Crippen LogP contribution >= 0.6 is 0 Å². The zero-order chi connectivity index (χ0) is 39.8. The highest BCUT2D eigenvalue weighted by molar-refractivity contribution is 5.69. The number of ether oxygens (including phenoxy) is 1. The van der Waals surface area contributed by atoms with Crippen molar-refractivity contribution in [2.24, 2.45) is 0 Å². The first-order valence-electron chi connectivity index (χ1n) is 25.2. The van der Waals surface area contributed by atoms with E-state index >= 15 is 0 Å². The molecule has 0 fully saturated rings. The minimum Gasteiger partial charge on any atom is -0.481 e. The topological polar surface area (TPSA) is 63.6 Å². The lowest BCUT2D eigenvalue weighted by Gasteiger charge is -2.06. The van der Waals surface area contributed by atoms with Gasteiger partial charge in [-0.3, -0.25) is 9.59 Å². The van der Waals surface area contributed by atoms with Gasteiger partial charge in [-0.1, -0.05) is 250 Å².